The summed E-state index contributed by atoms with van der Waals surface area (Å²) in [4.78, 5) is -0.237. The highest BCUT2D eigenvalue weighted by Crippen LogP contribution is 2.27. The van der Waals surface area contributed by atoms with Gasteiger partial charge < -0.3 is 4.57 Å². The minimum Gasteiger partial charge on any atom is -0.340 e. The monoisotopic (exact) mass is 309 g/mol. The molecular weight excluding hydrogens is 297 g/mol. The van der Waals surface area contributed by atoms with Crippen LogP contribution < -0.4 is 5.14 Å². The number of hydrogen-bond acceptors (Lipinski definition) is 4. The summed E-state index contributed by atoms with van der Waals surface area (Å²) in [6, 6.07) is 4.34. The SMILES string of the molecule is Cn1cc(Cn2cc(S(N)(=O)=O)c3c(F)cccc32)nn1. The molecule has 2 heterocycles. The minimum absolute atomic E-state index is 0.0103. The first-order chi connectivity index (χ1) is 9.86. The summed E-state index contributed by atoms with van der Waals surface area (Å²) in [6.07, 6.45) is 3.01. The smallest absolute Gasteiger partial charge is 0.240 e. The van der Waals surface area contributed by atoms with E-state index < -0.39 is 15.8 Å². The summed E-state index contributed by atoms with van der Waals surface area (Å²) in [6.45, 7) is 0.267. The Morgan fingerprint density at radius 1 is 1.33 bits per heavy atom. The average molecular weight is 309 g/mol. The van der Waals surface area contributed by atoms with Crippen LogP contribution in [0.4, 0.5) is 4.39 Å². The van der Waals surface area contributed by atoms with Crippen LogP contribution in [0.25, 0.3) is 10.9 Å². The lowest BCUT2D eigenvalue weighted by Gasteiger charge is -2.01. The van der Waals surface area contributed by atoms with Crippen molar-refractivity contribution in [1.29, 1.82) is 0 Å². The van der Waals surface area contributed by atoms with Gasteiger partial charge in [-0.15, -0.1) is 5.10 Å². The van der Waals surface area contributed by atoms with E-state index in [1.165, 1.54) is 23.0 Å². The van der Waals surface area contributed by atoms with Gasteiger partial charge in [0.1, 0.15) is 16.4 Å². The van der Waals surface area contributed by atoms with Crippen LogP contribution in [0.3, 0.4) is 0 Å². The van der Waals surface area contributed by atoms with E-state index in [1.807, 2.05) is 0 Å². The Morgan fingerprint density at radius 2 is 2.10 bits per heavy atom. The molecule has 3 rings (SSSR count). The first-order valence-corrected chi connectivity index (χ1v) is 7.56. The van der Waals surface area contributed by atoms with E-state index in [4.69, 9.17) is 5.14 Å². The molecular formula is C12H12FN5O2S. The lowest BCUT2D eigenvalue weighted by Crippen LogP contribution is -2.12. The fourth-order valence-corrected chi connectivity index (χ4v) is 3.02. The van der Waals surface area contributed by atoms with Crippen LogP contribution in [0, 0.1) is 5.82 Å². The van der Waals surface area contributed by atoms with Crippen molar-refractivity contribution >= 4 is 20.9 Å². The van der Waals surface area contributed by atoms with Crippen molar-refractivity contribution in [2.45, 2.75) is 11.4 Å². The van der Waals surface area contributed by atoms with Crippen molar-refractivity contribution in [2.75, 3.05) is 0 Å². The number of sulfonamides is 1. The molecule has 2 N–H and O–H groups in total. The maximum absolute atomic E-state index is 14.0. The molecule has 0 bridgehead atoms. The van der Waals surface area contributed by atoms with E-state index in [-0.39, 0.29) is 16.8 Å². The molecule has 0 aliphatic rings. The van der Waals surface area contributed by atoms with Crippen LogP contribution in [-0.2, 0) is 23.6 Å². The predicted molar refractivity (Wildman–Crippen MR) is 73.4 cm³/mol. The molecule has 3 aromatic rings. The minimum atomic E-state index is -4.02. The van der Waals surface area contributed by atoms with Crippen molar-refractivity contribution < 1.29 is 12.8 Å². The van der Waals surface area contributed by atoms with E-state index in [1.54, 1.807) is 23.9 Å². The Labute approximate surface area is 119 Å². The molecule has 9 heteroatoms. The third-order valence-electron chi connectivity index (χ3n) is 3.11. The zero-order valence-corrected chi connectivity index (χ0v) is 11.9. The quantitative estimate of drug-likeness (QED) is 0.766. The Kier molecular flexibility index (Phi) is 3.03. The van der Waals surface area contributed by atoms with Gasteiger partial charge in [-0.2, -0.15) is 0 Å². The second-order valence-electron chi connectivity index (χ2n) is 4.68. The molecule has 0 aliphatic carbocycles. The summed E-state index contributed by atoms with van der Waals surface area (Å²) in [7, 11) is -2.30. The van der Waals surface area contributed by atoms with E-state index in [9.17, 15) is 12.8 Å². The Balaban J connectivity index is 2.22. The van der Waals surface area contributed by atoms with Gasteiger partial charge in [0.25, 0.3) is 0 Å². The van der Waals surface area contributed by atoms with Crippen LogP contribution in [0.1, 0.15) is 5.69 Å². The number of benzene rings is 1. The van der Waals surface area contributed by atoms with Crippen molar-refractivity contribution in [3.63, 3.8) is 0 Å². The first-order valence-electron chi connectivity index (χ1n) is 6.01. The topological polar surface area (TPSA) is 95.8 Å². The number of aryl methyl sites for hydroxylation is 1. The van der Waals surface area contributed by atoms with Gasteiger partial charge in [-0.25, -0.2) is 17.9 Å². The average Bonchev–Trinajstić information content (AvgIpc) is 2.95. The number of fused-ring (bicyclic) bond motifs is 1. The summed E-state index contributed by atoms with van der Waals surface area (Å²) in [5, 5.41) is 12.9. The van der Waals surface area contributed by atoms with Crippen molar-refractivity contribution in [1.82, 2.24) is 19.6 Å². The predicted octanol–water partition coefficient (Wildman–Crippen LogP) is 0.605. The van der Waals surface area contributed by atoms with Crippen LogP contribution >= 0.6 is 0 Å². The Morgan fingerprint density at radius 3 is 2.71 bits per heavy atom. The van der Waals surface area contributed by atoms with Crippen LogP contribution in [-0.4, -0.2) is 28.0 Å². The standard InChI is InChI=1S/C12H12FN5O2S/c1-17-5-8(15-16-17)6-18-7-11(21(14,19)20)12-9(13)3-2-4-10(12)18/h2-5,7H,6H2,1H3,(H2,14,19,20). The zero-order valence-electron chi connectivity index (χ0n) is 11.1. The van der Waals surface area contributed by atoms with E-state index in [0.29, 0.717) is 11.2 Å². The number of primary sulfonamides is 1. The summed E-state index contributed by atoms with van der Waals surface area (Å²) < 4.78 is 40.4. The Bertz CT molecular complexity index is 928. The van der Waals surface area contributed by atoms with Crippen molar-refractivity contribution in [3.8, 4) is 0 Å². The van der Waals surface area contributed by atoms with Crippen LogP contribution in [0.5, 0.6) is 0 Å². The van der Waals surface area contributed by atoms with Gasteiger partial charge in [0, 0.05) is 19.4 Å². The van der Waals surface area contributed by atoms with Gasteiger partial charge in [0.15, 0.2) is 0 Å². The third-order valence-corrected chi connectivity index (χ3v) is 4.03. The maximum Gasteiger partial charge on any atom is 0.240 e. The summed E-state index contributed by atoms with van der Waals surface area (Å²) in [5.74, 6) is -0.630. The fraction of sp³-hybridized carbons (Fsp3) is 0.167. The fourth-order valence-electron chi connectivity index (χ4n) is 2.26. The van der Waals surface area contributed by atoms with Crippen molar-refractivity contribution in [3.05, 3.63) is 42.1 Å². The number of nitrogens with two attached hydrogens (primary N) is 1. The van der Waals surface area contributed by atoms with Crippen LogP contribution in [0.2, 0.25) is 0 Å². The van der Waals surface area contributed by atoms with Gasteiger partial charge in [-0.3, -0.25) is 4.68 Å². The molecule has 110 valence electrons. The highest BCUT2D eigenvalue weighted by atomic mass is 32.2. The molecule has 0 saturated carbocycles. The third kappa shape index (κ3) is 2.41. The molecule has 2 aromatic heterocycles. The molecule has 0 unspecified atom stereocenters. The number of hydrogen-bond donors (Lipinski definition) is 1. The number of rotatable bonds is 3. The lowest BCUT2D eigenvalue weighted by molar-refractivity contribution is 0.596. The van der Waals surface area contributed by atoms with E-state index >= 15 is 0 Å². The maximum atomic E-state index is 14.0. The highest BCUT2D eigenvalue weighted by Gasteiger charge is 2.20. The van der Waals surface area contributed by atoms with Gasteiger partial charge in [0.05, 0.1) is 17.4 Å². The lowest BCUT2D eigenvalue weighted by atomic mass is 10.2. The Hall–Kier alpha value is -2.26. The molecule has 0 radical (unpaired) electrons. The molecule has 21 heavy (non-hydrogen) atoms. The molecule has 0 atom stereocenters. The van der Waals surface area contributed by atoms with Gasteiger partial charge >= 0.3 is 0 Å². The molecule has 7 nitrogen and oxygen atoms in total. The molecule has 0 spiro atoms. The van der Waals surface area contributed by atoms with E-state index in [2.05, 4.69) is 10.3 Å². The molecule has 0 aliphatic heterocycles. The number of halogens is 1. The summed E-state index contributed by atoms with van der Waals surface area (Å²) in [5.41, 5.74) is 1.06. The van der Waals surface area contributed by atoms with Gasteiger partial charge in [0.2, 0.25) is 10.0 Å². The summed E-state index contributed by atoms with van der Waals surface area (Å²) >= 11 is 0. The van der Waals surface area contributed by atoms with Crippen LogP contribution in [0.15, 0.2) is 35.5 Å². The normalized spacial score (nSPS) is 12.1. The van der Waals surface area contributed by atoms with Gasteiger partial charge in [-0.1, -0.05) is 11.3 Å². The molecule has 1 aromatic carbocycles. The van der Waals surface area contributed by atoms with Gasteiger partial charge in [-0.05, 0) is 12.1 Å². The van der Waals surface area contributed by atoms with Crippen molar-refractivity contribution in [2.24, 2.45) is 12.2 Å². The molecule has 0 fully saturated rings. The largest absolute Gasteiger partial charge is 0.340 e. The molecule has 0 amide bonds. The van der Waals surface area contributed by atoms with E-state index in [0.717, 1.165) is 0 Å². The number of nitrogens with zero attached hydrogens (tertiary/aromatic N) is 4. The zero-order chi connectivity index (χ0) is 15.2. The second kappa shape index (κ2) is 4.64. The highest BCUT2D eigenvalue weighted by molar-refractivity contribution is 7.89. The molecule has 0 saturated heterocycles. The first kappa shape index (κ1) is 13.7. The second-order valence-corrected chi connectivity index (χ2v) is 6.21. The number of aromatic nitrogens is 4.